The fraction of sp³-hybridized carbons (Fsp3) is 0.400. The number of hydrogen-bond acceptors (Lipinski definition) is 6. The molecule has 82 valence electrons. The molecule has 0 radical (unpaired) electrons. The number of hydrogen-bond donors (Lipinski definition) is 0. The van der Waals surface area contributed by atoms with Crippen molar-refractivity contribution >= 4 is 17.0 Å². The summed E-state index contributed by atoms with van der Waals surface area (Å²) in [4.78, 5) is 18.9. The van der Waals surface area contributed by atoms with E-state index >= 15 is 0 Å². The van der Waals surface area contributed by atoms with E-state index in [9.17, 15) is 0 Å². The molecule has 6 nitrogen and oxygen atoms in total. The summed E-state index contributed by atoms with van der Waals surface area (Å²) in [6.07, 6.45) is 4.93. The van der Waals surface area contributed by atoms with E-state index in [2.05, 4.69) is 24.8 Å². The third-order valence-electron chi connectivity index (χ3n) is 2.54. The number of nitrogens with zero attached hydrogens (tertiary/aromatic N) is 5. The maximum atomic E-state index is 5.29. The van der Waals surface area contributed by atoms with Crippen molar-refractivity contribution in [3.8, 4) is 0 Å². The molecule has 16 heavy (non-hydrogen) atoms. The Balaban J connectivity index is 1.97. The van der Waals surface area contributed by atoms with Crippen molar-refractivity contribution in [3.63, 3.8) is 0 Å². The van der Waals surface area contributed by atoms with Crippen LogP contribution in [-0.2, 0) is 4.74 Å². The number of morpholine rings is 1. The minimum atomic E-state index is 0.727. The third kappa shape index (κ3) is 1.67. The SMILES string of the molecule is c1ncc2nc(N3CCOCC3)ncc2n1. The average molecular weight is 217 g/mol. The van der Waals surface area contributed by atoms with Gasteiger partial charge in [-0.1, -0.05) is 0 Å². The second-order valence-electron chi connectivity index (χ2n) is 3.56. The standard InChI is InChI=1S/C10H11N5O/c1-3-16-4-2-15(1)10-12-6-8-9(14-10)5-11-7-13-8/h5-7H,1-4H2. The Labute approximate surface area is 92.3 Å². The highest BCUT2D eigenvalue weighted by Crippen LogP contribution is 2.13. The van der Waals surface area contributed by atoms with Gasteiger partial charge in [0.1, 0.15) is 17.4 Å². The number of aromatic nitrogens is 4. The highest BCUT2D eigenvalue weighted by molar-refractivity contribution is 5.72. The van der Waals surface area contributed by atoms with Gasteiger partial charge in [0.2, 0.25) is 5.95 Å². The Morgan fingerprint density at radius 2 is 1.94 bits per heavy atom. The summed E-state index contributed by atoms with van der Waals surface area (Å²) in [5.74, 6) is 0.727. The van der Waals surface area contributed by atoms with Gasteiger partial charge in [-0.3, -0.25) is 0 Å². The first-order valence-corrected chi connectivity index (χ1v) is 5.19. The molecule has 2 aromatic rings. The summed E-state index contributed by atoms with van der Waals surface area (Å²) in [5.41, 5.74) is 1.55. The topological polar surface area (TPSA) is 64.0 Å². The van der Waals surface area contributed by atoms with Crippen LogP contribution < -0.4 is 4.90 Å². The zero-order valence-electron chi connectivity index (χ0n) is 8.70. The lowest BCUT2D eigenvalue weighted by Gasteiger charge is -2.26. The Bertz CT molecular complexity index is 497. The summed E-state index contributed by atoms with van der Waals surface area (Å²) < 4.78 is 5.29. The number of ether oxygens (including phenoxy) is 1. The summed E-state index contributed by atoms with van der Waals surface area (Å²) in [5, 5.41) is 0. The van der Waals surface area contributed by atoms with Crippen LogP contribution in [0, 0.1) is 0 Å². The van der Waals surface area contributed by atoms with Crippen LogP contribution in [0.3, 0.4) is 0 Å². The van der Waals surface area contributed by atoms with Gasteiger partial charge in [-0.2, -0.15) is 0 Å². The average Bonchev–Trinajstić information content (AvgIpc) is 2.39. The van der Waals surface area contributed by atoms with Gasteiger partial charge < -0.3 is 9.64 Å². The molecular weight excluding hydrogens is 206 g/mol. The van der Waals surface area contributed by atoms with Gasteiger partial charge in [0.05, 0.1) is 25.6 Å². The van der Waals surface area contributed by atoms with Gasteiger partial charge >= 0.3 is 0 Å². The van der Waals surface area contributed by atoms with Crippen molar-refractivity contribution in [3.05, 3.63) is 18.7 Å². The second-order valence-corrected chi connectivity index (χ2v) is 3.56. The van der Waals surface area contributed by atoms with Crippen molar-refractivity contribution in [2.24, 2.45) is 0 Å². The molecule has 0 atom stereocenters. The van der Waals surface area contributed by atoms with Gasteiger partial charge in [-0.15, -0.1) is 0 Å². The van der Waals surface area contributed by atoms with Crippen LogP contribution in [0.15, 0.2) is 18.7 Å². The van der Waals surface area contributed by atoms with E-state index in [1.165, 1.54) is 6.33 Å². The van der Waals surface area contributed by atoms with Crippen molar-refractivity contribution in [2.45, 2.75) is 0 Å². The highest BCUT2D eigenvalue weighted by Gasteiger charge is 2.13. The van der Waals surface area contributed by atoms with Crippen LogP contribution in [0.1, 0.15) is 0 Å². The van der Waals surface area contributed by atoms with Crippen molar-refractivity contribution < 1.29 is 4.74 Å². The molecule has 0 aromatic carbocycles. The number of anilines is 1. The fourth-order valence-electron chi connectivity index (χ4n) is 1.69. The molecule has 1 saturated heterocycles. The molecule has 1 aliphatic heterocycles. The third-order valence-corrected chi connectivity index (χ3v) is 2.54. The molecule has 2 aromatic heterocycles. The summed E-state index contributed by atoms with van der Waals surface area (Å²) in [6.45, 7) is 3.12. The zero-order valence-corrected chi connectivity index (χ0v) is 8.70. The lowest BCUT2D eigenvalue weighted by atomic mass is 10.4. The van der Waals surface area contributed by atoms with E-state index < -0.39 is 0 Å². The smallest absolute Gasteiger partial charge is 0.226 e. The first-order valence-electron chi connectivity index (χ1n) is 5.19. The van der Waals surface area contributed by atoms with E-state index in [1.807, 2.05) is 0 Å². The van der Waals surface area contributed by atoms with Gasteiger partial charge in [0.25, 0.3) is 0 Å². The quantitative estimate of drug-likeness (QED) is 0.682. The van der Waals surface area contributed by atoms with Crippen LogP contribution in [0.25, 0.3) is 11.0 Å². The van der Waals surface area contributed by atoms with Crippen molar-refractivity contribution in [1.82, 2.24) is 19.9 Å². The Kier molecular flexibility index (Phi) is 2.34. The van der Waals surface area contributed by atoms with E-state index in [-0.39, 0.29) is 0 Å². The molecule has 3 rings (SSSR count). The molecule has 1 aliphatic rings. The Morgan fingerprint density at radius 3 is 2.81 bits per heavy atom. The van der Waals surface area contributed by atoms with Gasteiger partial charge in [0.15, 0.2) is 0 Å². The predicted molar refractivity (Wildman–Crippen MR) is 58.2 cm³/mol. The predicted octanol–water partition coefficient (Wildman–Crippen LogP) is 0.256. The number of rotatable bonds is 1. The van der Waals surface area contributed by atoms with Crippen molar-refractivity contribution in [1.29, 1.82) is 0 Å². The molecule has 6 heteroatoms. The number of fused-ring (bicyclic) bond motifs is 1. The van der Waals surface area contributed by atoms with Gasteiger partial charge in [0, 0.05) is 13.1 Å². The van der Waals surface area contributed by atoms with Crippen LogP contribution >= 0.6 is 0 Å². The molecule has 3 heterocycles. The molecule has 0 amide bonds. The van der Waals surface area contributed by atoms with Crippen LogP contribution in [0.2, 0.25) is 0 Å². The minimum absolute atomic E-state index is 0.727. The molecule has 1 fully saturated rings. The molecule has 0 bridgehead atoms. The second kappa shape index (κ2) is 3.97. The summed E-state index contributed by atoms with van der Waals surface area (Å²) in [6, 6.07) is 0. The Morgan fingerprint density at radius 1 is 1.06 bits per heavy atom. The molecular formula is C10H11N5O. The van der Waals surface area contributed by atoms with Crippen LogP contribution in [-0.4, -0.2) is 46.2 Å². The first kappa shape index (κ1) is 9.41. The molecule has 0 saturated carbocycles. The van der Waals surface area contributed by atoms with E-state index in [0.29, 0.717) is 0 Å². The Hall–Kier alpha value is -1.82. The maximum absolute atomic E-state index is 5.29. The molecule has 0 N–H and O–H groups in total. The van der Waals surface area contributed by atoms with Crippen LogP contribution in [0.4, 0.5) is 5.95 Å². The fourth-order valence-corrected chi connectivity index (χ4v) is 1.69. The lowest BCUT2D eigenvalue weighted by molar-refractivity contribution is 0.122. The van der Waals surface area contributed by atoms with Gasteiger partial charge in [-0.25, -0.2) is 19.9 Å². The minimum Gasteiger partial charge on any atom is -0.378 e. The van der Waals surface area contributed by atoms with E-state index in [4.69, 9.17) is 4.74 Å². The lowest BCUT2D eigenvalue weighted by Crippen LogP contribution is -2.37. The molecule has 0 spiro atoms. The van der Waals surface area contributed by atoms with E-state index in [1.54, 1.807) is 12.4 Å². The highest BCUT2D eigenvalue weighted by atomic mass is 16.5. The molecule has 0 aliphatic carbocycles. The van der Waals surface area contributed by atoms with Gasteiger partial charge in [-0.05, 0) is 0 Å². The summed E-state index contributed by atoms with van der Waals surface area (Å²) >= 11 is 0. The summed E-state index contributed by atoms with van der Waals surface area (Å²) in [7, 11) is 0. The normalized spacial score (nSPS) is 16.6. The maximum Gasteiger partial charge on any atom is 0.226 e. The zero-order chi connectivity index (χ0) is 10.8. The van der Waals surface area contributed by atoms with Crippen molar-refractivity contribution in [2.75, 3.05) is 31.2 Å². The first-order chi connectivity index (χ1) is 7.93. The van der Waals surface area contributed by atoms with E-state index in [0.717, 1.165) is 43.3 Å². The van der Waals surface area contributed by atoms with Crippen LogP contribution in [0.5, 0.6) is 0 Å². The largest absolute Gasteiger partial charge is 0.378 e. The molecule has 0 unspecified atom stereocenters. The monoisotopic (exact) mass is 217 g/mol.